The molecule has 0 unspecified atom stereocenters. The summed E-state index contributed by atoms with van der Waals surface area (Å²) in [5.74, 6) is -0.108. The monoisotopic (exact) mass is 332 g/mol. The zero-order valence-electron chi connectivity index (χ0n) is 10.6. The third kappa shape index (κ3) is 3.11. The fourth-order valence-corrected chi connectivity index (χ4v) is 2.17. The lowest BCUT2D eigenvalue weighted by molar-refractivity contribution is -0.385. The van der Waals surface area contributed by atoms with Gasteiger partial charge in [0.05, 0.1) is 17.1 Å². The summed E-state index contributed by atoms with van der Waals surface area (Å²) in [6.07, 6.45) is 0. The highest BCUT2D eigenvalue weighted by Gasteiger charge is 2.24. The van der Waals surface area contributed by atoms with E-state index in [1.54, 1.807) is 6.92 Å². The molecule has 11 heteroatoms. The van der Waals surface area contributed by atoms with Crippen molar-refractivity contribution < 1.29 is 18.1 Å². The standard InChI is InChI=1S/C10H9ClN4O5S/c1-2-20-8-6(4-3-5-7(8)15(16)17)9-12-10(14-13-9)21(11,18)19/h3-5H,2H2,1H3,(H,12,13,14). The lowest BCUT2D eigenvalue weighted by Crippen LogP contribution is -2.00. The third-order valence-electron chi connectivity index (χ3n) is 2.42. The largest absolute Gasteiger partial charge is 0.487 e. The molecule has 112 valence electrons. The first kappa shape index (κ1) is 15.2. The number of nitrogens with one attached hydrogen (secondary N) is 1. The van der Waals surface area contributed by atoms with Crippen molar-refractivity contribution in [1.29, 1.82) is 0 Å². The Morgan fingerprint density at radius 2 is 2.19 bits per heavy atom. The van der Waals surface area contributed by atoms with Gasteiger partial charge in [0.2, 0.25) is 5.75 Å². The number of aromatic amines is 1. The summed E-state index contributed by atoms with van der Waals surface area (Å²) < 4.78 is 27.6. The number of rotatable bonds is 5. The summed E-state index contributed by atoms with van der Waals surface area (Å²) in [6, 6.07) is 4.16. The van der Waals surface area contributed by atoms with E-state index in [1.807, 2.05) is 0 Å². The number of aromatic nitrogens is 3. The van der Waals surface area contributed by atoms with Crippen LogP contribution in [0.2, 0.25) is 0 Å². The normalized spacial score (nSPS) is 11.3. The molecule has 0 aliphatic rings. The highest BCUT2D eigenvalue weighted by atomic mass is 35.7. The molecular weight excluding hydrogens is 324 g/mol. The van der Waals surface area contributed by atoms with Crippen LogP contribution < -0.4 is 4.74 Å². The molecule has 0 fully saturated rings. The van der Waals surface area contributed by atoms with Gasteiger partial charge in [0.1, 0.15) is 0 Å². The van der Waals surface area contributed by atoms with Crippen LogP contribution in [0.3, 0.4) is 0 Å². The second kappa shape index (κ2) is 5.66. The van der Waals surface area contributed by atoms with Gasteiger partial charge in [-0.25, -0.2) is 13.5 Å². The van der Waals surface area contributed by atoms with Crippen LogP contribution in [0, 0.1) is 10.1 Å². The van der Waals surface area contributed by atoms with Gasteiger partial charge in [0.15, 0.2) is 5.82 Å². The Bertz CT molecular complexity index is 788. The molecule has 0 radical (unpaired) electrons. The van der Waals surface area contributed by atoms with Crippen LogP contribution in [0.25, 0.3) is 11.4 Å². The van der Waals surface area contributed by atoms with Gasteiger partial charge in [-0.2, -0.15) is 10.1 Å². The first-order chi connectivity index (χ1) is 9.84. The number of ether oxygens (including phenoxy) is 1. The lowest BCUT2D eigenvalue weighted by Gasteiger charge is -2.07. The summed E-state index contributed by atoms with van der Waals surface area (Å²) in [5.41, 5.74) is -0.0803. The van der Waals surface area contributed by atoms with Crippen molar-refractivity contribution in [2.24, 2.45) is 0 Å². The zero-order valence-corrected chi connectivity index (χ0v) is 12.2. The Morgan fingerprint density at radius 1 is 1.48 bits per heavy atom. The van der Waals surface area contributed by atoms with Gasteiger partial charge >= 0.3 is 5.69 Å². The number of nitro benzene ring substituents is 1. The molecule has 0 saturated heterocycles. The molecule has 0 atom stereocenters. The Labute approximate surface area is 123 Å². The van der Waals surface area contributed by atoms with E-state index in [0.717, 1.165) is 0 Å². The molecule has 2 rings (SSSR count). The molecule has 0 amide bonds. The molecular formula is C10H9ClN4O5S. The number of hydrogen-bond acceptors (Lipinski definition) is 7. The Balaban J connectivity index is 2.60. The SMILES string of the molecule is CCOc1c(-c2n[nH]c(S(=O)(=O)Cl)n2)cccc1[N+](=O)[O-]. The van der Waals surface area contributed by atoms with Crippen molar-refractivity contribution in [2.75, 3.05) is 6.61 Å². The number of hydrogen-bond donors (Lipinski definition) is 1. The molecule has 0 aliphatic carbocycles. The maximum absolute atomic E-state index is 11.2. The highest BCUT2D eigenvalue weighted by molar-refractivity contribution is 8.13. The molecule has 0 spiro atoms. The lowest BCUT2D eigenvalue weighted by atomic mass is 10.1. The minimum absolute atomic E-state index is 0.0393. The average molecular weight is 333 g/mol. The van der Waals surface area contributed by atoms with Crippen LogP contribution in [0.4, 0.5) is 5.69 Å². The Morgan fingerprint density at radius 3 is 2.71 bits per heavy atom. The summed E-state index contributed by atoms with van der Waals surface area (Å²) in [4.78, 5) is 14.1. The smallest absolute Gasteiger partial charge is 0.311 e. The van der Waals surface area contributed by atoms with Gasteiger partial charge in [-0.1, -0.05) is 6.07 Å². The predicted molar refractivity (Wildman–Crippen MR) is 72.7 cm³/mol. The van der Waals surface area contributed by atoms with Gasteiger partial charge in [-0.05, 0) is 13.0 Å². The zero-order chi connectivity index (χ0) is 15.6. The Kier molecular flexibility index (Phi) is 4.09. The summed E-state index contributed by atoms with van der Waals surface area (Å²) in [6.45, 7) is 1.84. The maximum Gasteiger partial charge on any atom is 0.311 e. The molecule has 9 nitrogen and oxygen atoms in total. The van der Waals surface area contributed by atoms with E-state index in [9.17, 15) is 18.5 Å². The number of nitro groups is 1. The average Bonchev–Trinajstić information content (AvgIpc) is 2.88. The fraction of sp³-hybridized carbons (Fsp3) is 0.200. The van der Waals surface area contributed by atoms with E-state index >= 15 is 0 Å². The second-order valence-corrected chi connectivity index (χ2v) is 6.23. The first-order valence-corrected chi connectivity index (χ1v) is 7.93. The molecule has 2 aromatic rings. The molecule has 1 aromatic heterocycles. The quantitative estimate of drug-likeness (QED) is 0.501. The van der Waals surface area contributed by atoms with Gasteiger partial charge in [-0.3, -0.25) is 10.1 Å². The van der Waals surface area contributed by atoms with Crippen LogP contribution in [0.1, 0.15) is 6.92 Å². The topological polar surface area (TPSA) is 128 Å². The molecule has 0 bridgehead atoms. The molecule has 0 saturated carbocycles. The Hall–Kier alpha value is -2.20. The van der Waals surface area contributed by atoms with Crippen LogP contribution in [-0.2, 0) is 9.05 Å². The second-order valence-electron chi connectivity index (χ2n) is 3.75. The van der Waals surface area contributed by atoms with E-state index in [2.05, 4.69) is 15.2 Å². The number of halogens is 1. The minimum atomic E-state index is -4.07. The number of para-hydroxylation sites is 1. The summed E-state index contributed by atoms with van der Waals surface area (Å²) >= 11 is 0. The number of nitrogens with zero attached hydrogens (tertiary/aromatic N) is 3. The van der Waals surface area contributed by atoms with Gasteiger partial charge in [0, 0.05) is 16.7 Å². The van der Waals surface area contributed by atoms with Crippen LogP contribution in [0.5, 0.6) is 5.75 Å². The van der Waals surface area contributed by atoms with E-state index in [4.69, 9.17) is 15.4 Å². The highest BCUT2D eigenvalue weighted by Crippen LogP contribution is 2.36. The minimum Gasteiger partial charge on any atom is -0.487 e. The van der Waals surface area contributed by atoms with E-state index in [-0.39, 0.29) is 29.4 Å². The summed E-state index contributed by atoms with van der Waals surface area (Å²) in [5, 5.41) is 16.3. The molecule has 1 N–H and O–H groups in total. The maximum atomic E-state index is 11.2. The summed E-state index contributed by atoms with van der Waals surface area (Å²) in [7, 11) is 1.07. The van der Waals surface area contributed by atoms with Crippen molar-refractivity contribution in [3.8, 4) is 17.1 Å². The van der Waals surface area contributed by atoms with E-state index in [1.165, 1.54) is 18.2 Å². The molecule has 0 aliphatic heterocycles. The van der Waals surface area contributed by atoms with Crippen molar-refractivity contribution in [2.45, 2.75) is 12.1 Å². The fourth-order valence-electron chi connectivity index (χ4n) is 1.62. The molecule has 21 heavy (non-hydrogen) atoms. The van der Waals surface area contributed by atoms with Gasteiger partial charge in [-0.15, -0.1) is 0 Å². The van der Waals surface area contributed by atoms with Crippen LogP contribution >= 0.6 is 10.7 Å². The predicted octanol–water partition coefficient (Wildman–Crippen LogP) is 1.71. The molecule has 1 aromatic carbocycles. The third-order valence-corrected chi connectivity index (χ3v) is 3.50. The van der Waals surface area contributed by atoms with Crippen molar-refractivity contribution >= 4 is 25.4 Å². The van der Waals surface area contributed by atoms with Gasteiger partial charge < -0.3 is 4.74 Å². The van der Waals surface area contributed by atoms with Crippen molar-refractivity contribution in [3.05, 3.63) is 28.3 Å². The van der Waals surface area contributed by atoms with Crippen molar-refractivity contribution in [3.63, 3.8) is 0 Å². The first-order valence-electron chi connectivity index (χ1n) is 5.62. The number of benzene rings is 1. The van der Waals surface area contributed by atoms with Crippen LogP contribution in [-0.4, -0.2) is 35.1 Å². The van der Waals surface area contributed by atoms with Crippen LogP contribution in [0.15, 0.2) is 23.4 Å². The van der Waals surface area contributed by atoms with E-state index in [0.29, 0.717) is 0 Å². The van der Waals surface area contributed by atoms with Gasteiger partial charge in [0.25, 0.3) is 14.2 Å². The number of H-pyrrole nitrogens is 1. The van der Waals surface area contributed by atoms with E-state index < -0.39 is 19.1 Å². The molecule has 1 heterocycles. The van der Waals surface area contributed by atoms with Crippen molar-refractivity contribution in [1.82, 2.24) is 15.2 Å².